The summed E-state index contributed by atoms with van der Waals surface area (Å²) in [5.74, 6) is -1.12. The number of methoxy groups -OCH3 is 1. The summed E-state index contributed by atoms with van der Waals surface area (Å²) in [7, 11) is 1.56. The zero-order chi connectivity index (χ0) is 8.27. The standard InChI is InChI=1S/C7H12O4/c1-10-6-3-2-5(4-11-6)7(8)9/h5-6H,2-4H2,1H3,(H,8,9)/t5-,6+/m0/s1. The van der Waals surface area contributed by atoms with Crippen LogP contribution in [0, 0.1) is 5.92 Å². The number of hydrogen-bond acceptors (Lipinski definition) is 3. The molecule has 1 aliphatic heterocycles. The third-order valence-corrected chi connectivity index (χ3v) is 1.85. The van der Waals surface area contributed by atoms with Crippen molar-refractivity contribution in [3.05, 3.63) is 0 Å². The van der Waals surface area contributed by atoms with Crippen LogP contribution in [-0.4, -0.2) is 31.1 Å². The van der Waals surface area contributed by atoms with Crippen molar-refractivity contribution in [1.29, 1.82) is 0 Å². The second-order valence-electron chi connectivity index (χ2n) is 2.61. The van der Waals surface area contributed by atoms with E-state index in [0.717, 1.165) is 0 Å². The van der Waals surface area contributed by atoms with Crippen molar-refractivity contribution in [2.75, 3.05) is 13.7 Å². The normalized spacial score (nSPS) is 31.7. The lowest BCUT2D eigenvalue weighted by Gasteiger charge is -2.25. The van der Waals surface area contributed by atoms with Crippen LogP contribution in [-0.2, 0) is 14.3 Å². The van der Waals surface area contributed by atoms with E-state index in [4.69, 9.17) is 14.6 Å². The predicted molar refractivity (Wildman–Crippen MR) is 37.1 cm³/mol. The van der Waals surface area contributed by atoms with Gasteiger partial charge in [-0.3, -0.25) is 4.79 Å². The molecule has 0 amide bonds. The van der Waals surface area contributed by atoms with Gasteiger partial charge in [0.05, 0.1) is 12.5 Å². The lowest BCUT2D eigenvalue weighted by Crippen LogP contribution is -2.31. The second-order valence-corrected chi connectivity index (χ2v) is 2.61. The highest BCUT2D eigenvalue weighted by Gasteiger charge is 2.25. The van der Waals surface area contributed by atoms with E-state index in [-0.39, 0.29) is 18.8 Å². The summed E-state index contributed by atoms with van der Waals surface area (Å²) in [5.41, 5.74) is 0. The molecule has 11 heavy (non-hydrogen) atoms. The minimum Gasteiger partial charge on any atom is -0.481 e. The Morgan fingerprint density at radius 1 is 1.64 bits per heavy atom. The number of aliphatic carboxylic acids is 1. The van der Waals surface area contributed by atoms with Crippen molar-refractivity contribution in [3.8, 4) is 0 Å². The maximum atomic E-state index is 10.4. The van der Waals surface area contributed by atoms with Crippen LogP contribution in [0.3, 0.4) is 0 Å². The first kappa shape index (κ1) is 8.49. The largest absolute Gasteiger partial charge is 0.481 e. The lowest BCUT2D eigenvalue weighted by molar-refractivity contribution is -0.174. The SMILES string of the molecule is CO[C@H]1CC[C@H](C(=O)O)CO1. The summed E-state index contributed by atoms with van der Waals surface area (Å²) in [5, 5.41) is 8.58. The molecule has 0 aromatic heterocycles. The zero-order valence-corrected chi connectivity index (χ0v) is 6.45. The fourth-order valence-electron chi connectivity index (χ4n) is 1.11. The van der Waals surface area contributed by atoms with Gasteiger partial charge in [0.15, 0.2) is 6.29 Å². The summed E-state index contributed by atoms with van der Waals surface area (Å²) in [6.45, 7) is 0.272. The molecule has 64 valence electrons. The van der Waals surface area contributed by atoms with E-state index < -0.39 is 5.97 Å². The second kappa shape index (κ2) is 3.69. The highest BCUT2D eigenvalue weighted by Crippen LogP contribution is 2.18. The first-order chi connectivity index (χ1) is 5.24. The van der Waals surface area contributed by atoms with Crippen molar-refractivity contribution in [2.45, 2.75) is 19.1 Å². The van der Waals surface area contributed by atoms with Crippen LogP contribution in [0.15, 0.2) is 0 Å². The van der Waals surface area contributed by atoms with Crippen LogP contribution in [0.4, 0.5) is 0 Å². The quantitative estimate of drug-likeness (QED) is 0.638. The molecule has 2 atom stereocenters. The Morgan fingerprint density at radius 3 is 2.73 bits per heavy atom. The molecule has 0 unspecified atom stereocenters. The van der Waals surface area contributed by atoms with Crippen molar-refractivity contribution in [3.63, 3.8) is 0 Å². The van der Waals surface area contributed by atoms with Gasteiger partial charge in [-0.15, -0.1) is 0 Å². The Bertz CT molecular complexity index is 137. The van der Waals surface area contributed by atoms with Gasteiger partial charge in [-0.1, -0.05) is 0 Å². The Morgan fingerprint density at radius 2 is 2.36 bits per heavy atom. The van der Waals surface area contributed by atoms with Crippen LogP contribution >= 0.6 is 0 Å². The molecule has 1 aliphatic rings. The average Bonchev–Trinajstić information content (AvgIpc) is 2.05. The maximum Gasteiger partial charge on any atom is 0.308 e. The molecular formula is C7H12O4. The van der Waals surface area contributed by atoms with Gasteiger partial charge in [-0.2, -0.15) is 0 Å². The highest BCUT2D eigenvalue weighted by atomic mass is 16.7. The van der Waals surface area contributed by atoms with Crippen LogP contribution in [0.25, 0.3) is 0 Å². The van der Waals surface area contributed by atoms with Gasteiger partial charge in [0.25, 0.3) is 0 Å². The third-order valence-electron chi connectivity index (χ3n) is 1.85. The molecule has 1 saturated heterocycles. The molecule has 1 fully saturated rings. The van der Waals surface area contributed by atoms with E-state index in [2.05, 4.69) is 0 Å². The average molecular weight is 160 g/mol. The molecule has 1 N–H and O–H groups in total. The van der Waals surface area contributed by atoms with E-state index in [0.29, 0.717) is 12.8 Å². The number of ether oxygens (including phenoxy) is 2. The predicted octanol–water partition coefficient (Wildman–Crippen LogP) is 0.470. The van der Waals surface area contributed by atoms with Crippen molar-refractivity contribution < 1.29 is 19.4 Å². The van der Waals surface area contributed by atoms with Gasteiger partial charge in [-0.05, 0) is 12.8 Å². The molecule has 0 aliphatic carbocycles. The first-order valence-corrected chi connectivity index (χ1v) is 3.61. The van der Waals surface area contributed by atoms with E-state index in [1.807, 2.05) is 0 Å². The fourth-order valence-corrected chi connectivity index (χ4v) is 1.11. The fraction of sp³-hybridized carbons (Fsp3) is 0.857. The van der Waals surface area contributed by atoms with Crippen LogP contribution in [0.5, 0.6) is 0 Å². The Kier molecular flexibility index (Phi) is 2.84. The molecule has 0 saturated carbocycles. The summed E-state index contributed by atoms with van der Waals surface area (Å²) in [6, 6.07) is 0. The Labute approximate surface area is 65.1 Å². The van der Waals surface area contributed by atoms with Gasteiger partial charge in [0.2, 0.25) is 0 Å². The monoisotopic (exact) mass is 160 g/mol. The Balaban J connectivity index is 2.30. The van der Waals surface area contributed by atoms with Crippen molar-refractivity contribution >= 4 is 5.97 Å². The molecule has 0 bridgehead atoms. The Hall–Kier alpha value is -0.610. The lowest BCUT2D eigenvalue weighted by atomic mass is 10.0. The van der Waals surface area contributed by atoms with Gasteiger partial charge >= 0.3 is 5.97 Å². The molecule has 4 heteroatoms. The van der Waals surface area contributed by atoms with Gasteiger partial charge in [0, 0.05) is 7.11 Å². The van der Waals surface area contributed by atoms with Crippen molar-refractivity contribution in [2.24, 2.45) is 5.92 Å². The van der Waals surface area contributed by atoms with E-state index >= 15 is 0 Å². The summed E-state index contributed by atoms with van der Waals surface area (Å²) < 4.78 is 10.0. The number of hydrogen-bond donors (Lipinski definition) is 1. The smallest absolute Gasteiger partial charge is 0.308 e. The molecule has 1 heterocycles. The van der Waals surface area contributed by atoms with Crippen LogP contribution < -0.4 is 0 Å². The third kappa shape index (κ3) is 2.17. The zero-order valence-electron chi connectivity index (χ0n) is 6.45. The van der Waals surface area contributed by atoms with Crippen molar-refractivity contribution in [1.82, 2.24) is 0 Å². The number of carboxylic acids is 1. The number of rotatable bonds is 2. The molecule has 0 radical (unpaired) electrons. The topological polar surface area (TPSA) is 55.8 Å². The maximum absolute atomic E-state index is 10.4. The molecule has 0 aromatic rings. The summed E-state index contributed by atoms with van der Waals surface area (Å²) in [4.78, 5) is 10.4. The van der Waals surface area contributed by atoms with Gasteiger partial charge in [0.1, 0.15) is 0 Å². The molecule has 1 rings (SSSR count). The minimum atomic E-state index is -0.778. The minimum absolute atomic E-state index is 0.203. The van der Waals surface area contributed by atoms with Gasteiger partial charge in [-0.25, -0.2) is 0 Å². The van der Waals surface area contributed by atoms with E-state index in [1.54, 1.807) is 7.11 Å². The molecule has 0 aromatic carbocycles. The highest BCUT2D eigenvalue weighted by molar-refractivity contribution is 5.70. The molecule has 0 spiro atoms. The summed E-state index contributed by atoms with van der Waals surface area (Å²) in [6.07, 6.45) is 1.12. The van der Waals surface area contributed by atoms with Gasteiger partial charge < -0.3 is 14.6 Å². The molecule has 4 nitrogen and oxygen atoms in total. The molecular weight excluding hydrogens is 148 g/mol. The number of carboxylic acid groups (broad SMARTS) is 1. The van der Waals surface area contributed by atoms with Crippen LogP contribution in [0.1, 0.15) is 12.8 Å². The number of carbonyl (C=O) groups is 1. The summed E-state index contributed by atoms with van der Waals surface area (Å²) >= 11 is 0. The first-order valence-electron chi connectivity index (χ1n) is 3.61. The van der Waals surface area contributed by atoms with Crippen LogP contribution in [0.2, 0.25) is 0 Å². The van der Waals surface area contributed by atoms with E-state index in [9.17, 15) is 4.79 Å². The van der Waals surface area contributed by atoms with E-state index in [1.165, 1.54) is 0 Å².